The van der Waals surface area contributed by atoms with Crippen LogP contribution in [0, 0.1) is 5.41 Å². The normalized spacial score (nSPS) is 28.3. The van der Waals surface area contributed by atoms with E-state index >= 15 is 0 Å². The number of fused-ring (bicyclic) bond motifs is 4. The molecule has 1 unspecified atom stereocenters. The van der Waals surface area contributed by atoms with E-state index in [0.29, 0.717) is 12.8 Å². The van der Waals surface area contributed by atoms with Gasteiger partial charge in [-0.1, -0.05) is 50.2 Å². The van der Waals surface area contributed by atoms with Crippen molar-refractivity contribution in [1.82, 2.24) is 10.2 Å². The number of rotatable bonds is 2. The highest BCUT2D eigenvalue weighted by molar-refractivity contribution is 5.92. The lowest BCUT2D eigenvalue weighted by Gasteiger charge is -2.35. The van der Waals surface area contributed by atoms with Gasteiger partial charge in [0.15, 0.2) is 0 Å². The Morgan fingerprint density at radius 1 is 1.16 bits per heavy atom. The zero-order chi connectivity index (χ0) is 22.6. The molecule has 2 heterocycles. The van der Waals surface area contributed by atoms with E-state index in [2.05, 4.69) is 17.4 Å². The molecule has 1 fully saturated rings. The number of nitrogens with zero attached hydrogens (tertiary/aromatic N) is 1. The van der Waals surface area contributed by atoms with Crippen LogP contribution < -0.4 is 11.1 Å². The summed E-state index contributed by atoms with van der Waals surface area (Å²) < 4.78 is 0. The van der Waals surface area contributed by atoms with Gasteiger partial charge >= 0.3 is 0 Å². The van der Waals surface area contributed by atoms with Gasteiger partial charge in [0.2, 0.25) is 11.8 Å². The fraction of sp³-hybridized carbons (Fsp3) is 0.462. The molecule has 2 amide bonds. The van der Waals surface area contributed by atoms with Crippen molar-refractivity contribution < 1.29 is 14.7 Å². The predicted octanol–water partition coefficient (Wildman–Crippen LogP) is 3.14. The third-order valence-corrected chi connectivity index (χ3v) is 7.53. The second-order valence-electron chi connectivity index (χ2n) is 10.2. The van der Waals surface area contributed by atoms with Crippen molar-refractivity contribution in [2.45, 2.75) is 70.1 Å². The van der Waals surface area contributed by atoms with Crippen LogP contribution in [0.2, 0.25) is 0 Å². The third-order valence-electron chi connectivity index (χ3n) is 7.53. The van der Waals surface area contributed by atoms with Crippen LogP contribution in [0.4, 0.5) is 0 Å². The highest BCUT2D eigenvalue weighted by atomic mass is 16.3. The van der Waals surface area contributed by atoms with Crippen molar-refractivity contribution in [3.8, 4) is 5.75 Å². The van der Waals surface area contributed by atoms with Crippen molar-refractivity contribution in [1.29, 1.82) is 0 Å². The number of phenolic OH excluding ortho intramolecular Hbond substituents is 1. The SMILES string of the molecule is CC1(C)C[C@@H]2c3c(O)cccc3C[C@H](N)C(=O)N2C1C(=O)N[C@@H]1CCCc2ccccc21. The number of aromatic hydroxyl groups is 1. The van der Waals surface area contributed by atoms with Crippen LogP contribution in [-0.2, 0) is 22.4 Å². The first-order valence-electron chi connectivity index (χ1n) is 11.5. The lowest BCUT2D eigenvalue weighted by molar-refractivity contribution is -0.143. The first-order valence-corrected chi connectivity index (χ1v) is 11.5. The topological polar surface area (TPSA) is 95.7 Å². The summed E-state index contributed by atoms with van der Waals surface area (Å²) in [6, 6.07) is 11.8. The molecule has 1 saturated heterocycles. The largest absolute Gasteiger partial charge is 0.508 e. The average Bonchev–Trinajstić information content (AvgIpc) is 2.98. The summed E-state index contributed by atoms with van der Waals surface area (Å²) in [6.45, 7) is 4.05. The maximum absolute atomic E-state index is 13.7. The average molecular weight is 434 g/mol. The molecular formula is C26H31N3O3. The summed E-state index contributed by atoms with van der Waals surface area (Å²) in [5.74, 6) is -0.198. The van der Waals surface area contributed by atoms with Crippen LogP contribution in [0.1, 0.15) is 67.4 Å². The second-order valence-corrected chi connectivity index (χ2v) is 10.2. The maximum Gasteiger partial charge on any atom is 0.243 e. The molecule has 6 heteroatoms. The lowest BCUT2D eigenvalue weighted by atomic mass is 9.80. The van der Waals surface area contributed by atoms with Gasteiger partial charge in [-0.2, -0.15) is 0 Å². The van der Waals surface area contributed by atoms with Gasteiger partial charge in [0.05, 0.1) is 18.1 Å². The van der Waals surface area contributed by atoms with Crippen molar-refractivity contribution >= 4 is 11.8 Å². The number of hydrogen-bond donors (Lipinski definition) is 3. The quantitative estimate of drug-likeness (QED) is 0.678. The zero-order valence-electron chi connectivity index (χ0n) is 18.7. The molecule has 4 N–H and O–H groups in total. The number of nitrogens with two attached hydrogens (primary N) is 1. The maximum atomic E-state index is 13.7. The molecule has 6 nitrogen and oxygen atoms in total. The molecule has 1 aliphatic carbocycles. The molecular weight excluding hydrogens is 402 g/mol. The molecule has 2 aromatic rings. The summed E-state index contributed by atoms with van der Waals surface area (Å²) in [6.07, 6.45) is 3.88. The van der Waals surface area contributed by atoms with Gasteiger partial charge in [0.1, 0.15) is 11.8 Å². The third kappa shape index (κ3) is 3.28. The Labute approximate surface area is 188 Å². The Morgan fingerprint density at radius 3 is 2.72 bits per heavy atom. The molecule has 2 aliphatic heterocycles. The van der Waals surface area contributed by atoms with E-state index in [9.17, 15) is 14.7 Å². The standard InChI is InChI=1S/C26H31N3O3/c1-26(2)14-20-22-16(9-6-12-21(22)30)13-18(27)25(32)29(20)23(26)24(31)28-19-11-5-8-15-7-3-4-10-17(15)19/h3-4,6-7,9-10,12,18-20,23,30H,5,8,11,13-14,27H2,1-2H3,(H,28,31)/t18-,19+,20+,23?/m0/s1. The minimum atomic E-state index is -0.736. The zero-order valence-corrected chi connectivity index (χ0v) is 18.7. The van der Waals surface area contributed by atoms with Gasteiger partial charge in [0, 0.05) is 5.56 Å². The van der Waals surface area contributed by atoms with Crippen LogP contribution in [0.5, 0.6) is 5.75 Å². The molecule has 0 aromatic heterocycles. The van der Waals surface area contributed by atoms with Crippen molar-refractivity contribution in [3.63, 3.8) is 0 Å². The molecule has 0 saturated carbocycles. The lowest BCUT2D eigenvalue weighted by Crippen LogP contribution is -2.55. The summed E-state index contributed by atoms with van der Waals surface area (Å²) in [7, 11) is 0. The molecule has 32 heavy (non-hydrogen) atoms. The van der Waals surface area contributed by atoms with Crippen molar-refractivity contribution in [2.24, 2.45) is 11.1 Å². The predicted molar refractivity (Wildman–Crippen MR) is 122 cm³/mol. The van der Waals surface area contributed by atoms with Crippen LogP contribution in [0.25, 0.3) is 0 Å². The highest BCUT2D eigenvalue weighted by Crippen LogP contribution is 2.51. The van der Waals surface area contributed by atoms with E-state index in [1.807, 2.05) is 32.0 Å². The highest BCUT2D eigenvalue weighted by Gasteiger charge is 2.55. The molecule has 4 atom stereocenters. The Hall–Kier alpha value is -2.86. The number of phenols is 1. The van der Waals surface area contributed by atoms with Crippen LogP contribution >= 0.6 is 0 Å². The van der Waals surface area contributed by atoms with Crippen LogP contribution in [-0.4, -0.2) is 33.9 Å². The Morgan fingerprint density at radius 2 is 1.91 bits per heavy atom. The fourth-order valence-corrected chi connectivity index (χ4v) is 6.10. The number of carbonyl (C=O) groups excluding carboxylic acids is 2. The van der Waals surface area contributed by atoms with Crippen LogP contribution in [0.3, 0.4) is 0 Å². The minimum Gasteiger partial charge on any atom is -0.508 e. The van der Waals surface area contributed by atoms with E-state index < -0.39 is 17.5 Å². The molecule has 3 aliphatic rings. The first-order chi connectivity index (χ1) is 15.3. The van der Waals surface area contributed by atoms with E-state index in [4.69, 9.17) is 5.73 Å². The van der Waals surface area contributed by atoms with Gasteiger partial charge in [0.25, 0.3) is 0 Å². The minimum absolute atomic E-state index is 0.0567. The van der Waals surface area contributed by atoms with Gasteiger partial charge in [-0.15, -0.1) is 0 Å². The van der Waals surface area contributed by atoms with Gasteiger partial charge in [-0.05, 0) is 60.3 Å². The van der Waals surface area contributed by atoms with E-state index in [-0.39, 0.29) is 29.6 Å². The fourth-order valence-electron chi connectivity index (χ4n) is 6.10. The van der Waals surface area contributed by atoms with Gasteiger partial charge < -0.3 is 21.1 Å². The number of aryl methyl sites for hydroxylation is 1. The number of carbonyl (C=O) groups is 2. The Bertz CT molecular complexity index is 1080. The molecule has 5 rings (SSSR count). The summed E-state index contributed by atoms with van der Waals surface area (Å²) in [5.41, 5.74) is 9.90. The number of benzene rings is 2. The Kier molecular flexibility index (Phi) is 5.01. The number of hydrogen-bond acceptors (Lipinski definition) is 4. The number of amides is 2. The molecule has 2 aromatic carbocycles. The monoisotopic (exact) mass is 433 g/mol. The summed E-state index contributed by atoms with van der Waals surface area (Å²) in [5, 5.41) is 14.0. The summed E-state index contributed by atoms with van der Waals surface area (Å²) in [4.78, 5) is 28.9. The van der Waals surface area contributed by atoms with E-state index in [0.717, 1.165) is 30.4 Å². The molecule has 168 valence electrons. The molecule has 0 bridgehead atoms. The van der Waals surface area contributed by atoms with E-state index in [1.165, 1.54) is 11.1 Å². The molecule has 0 radical (unpaired) electrons. The van der Waals surface area contributed by atoms with Crippen LogP contribution in [0.15, 0.2) is 42.5 Å². The second kappa shape index (κ2) is 7.62. The molecule has 0 spiro atoms. The van der Waals surface area contributed by atoms with Crippen molar-refractivity contribution in [2.75, 3.05) is 0 Å². The smallest absolute Gasteiger partial charge is 0.243 e. The van der Waals surface area contributed by atoms with Gasteiger partial charge in [-0.3, -0.25) is 9.59 Å². The van der Waals surface area contributed by atoms with E-state index in [1.54, 1.807) is 17.0 Å². The summed E-state index contributed by atoms with van der Waals surface area (Å²) >= 11 is 0. The van der Waals surface area contributed by atoms with Gasteiger partial charge in [-0.25, -0.2) is 0 Å². The van der Waals surface area contributed by atoms with Crippen molar-refractivity contribution in [3.05, 3.63) is 64.7 Å². The number of nitrogens with one attached hydrogen (secondary N) is 1. The first kappa shape index (κ1) is 21.0. The Balaban J connectivity index is 1.51.